The van der Waals surface area contributed by atoms with E-state index in [1.807, 2.05) is 0 Å². The molecule has 5 rings (SSSR count). The summed E-state index contributed by atoms with van der Waals surface area (Å²) in [6.45, 7) is 1.03. The van der Waals surface area contributed by atoms with Crippen LogP contribution in [0.5, 0.6) is 5.75 Å². The Hall–Kier alpha value is -2.00. The van der Waals surface area contributed by atoms with Crippen LogP contribution in [0.1, 0.15) is 35.4 Å². The van der Waals surface area contributed by atoms with Crippen molar-refractivity contribution < 1.29 is 4.74 Å². The summed E-state index contributed by atoms with van der Waals surface area (Å²) in [5, 5.41) is 3.79. The summed E-state index contributed by atoms with van der Waals surface area (Å²) in [6, 6.07) is 16.1. The van der Waals surface area contributed by atoms with Gasteiger partial charge in [0.15, 0.2) is 0 Å². The van der Waals surface area contributed by atoms with Crippen LogP contribution in [-0.4, -0.2) is 24.2 Å². The maximum Gasteiger partial charge on any atom is 0.119 e. The minimum absolute atomic E-state index is 0.450. The van der Waals surface area contributed by atoms with E-state index >= 15 is 0 Å². The van der Waals surface area contributed by atoms with Crippen LogP contribution in [0.3, 0.4) is 0 Å². The standard InChI is InChI=1S/C20H22N2O/c1-23-16-8-6-13-10-15-7-9-18-17-4-2-3-5-19(17)21-20(18)22(15)12-14(13)11-16/h2-6,8,11,15,18,20-21H,7,9-10,12H2,1H3. The van der Waals surface area contributed by atoms with Crippen molar-refractivity contribution in [3.63, 3.8) is 0 Å². The van der Waals surface area contributed by atoms with Crippen molar-refractivity contribution in [2.24, 2.45) is 0 Å². The zero-order valence-electron chi connectivity index (χ0n) is 13.5. The molecule has 0 bridgehead atoms. The van der Waals surface area contributed by atoms with Crippen molar-refractivity contribution in [1.82, 2.24) is 4.90 Å². The second-order valence-corrected chi connectivity index (χ2v) is 7.03. The molecule has 2 aromatic rings. The number of nitrogens with one attached hydrogen (secondary N) is 1. The zero-order chi connectivity index (χ0) is 15.4. The molecule has 3 nitrogen and oxygen atoms in total. The molecule has 3 heteroatoms. The summed E-state index contributed by atoms with van der Waals surface area (Å²) in [5.41, 5.74) is 5.77. The fourth-order valence-corrected chi connectivity index (χ4v) is 4.75. The molecule has 23 heavy (non-hydrogen) atoms. The third kappa shape index (κ3) is 1.99. The van der Waals surface area contributed by atoms with Crippen molar-refractivity contribution in [1.29, 1.82) is 0 Å². The summed E-state index contributed by atoms with van der Waals surface area (Å²) in [6.07, 6.45) is 4.20. The smallest absolute Gasteiger partial charge is 0.119 e. The second kappa shape index (κ2) is 5.00. The van der Waals surface area contributed by atoms with E-state index in [4.69, 9.17) is 4.74 Å². The molecule has 0 aromatic heterocycles. The lowest BCUT2D eigenvalue weighted by Gasteiger charge is -2.47. The van der Waals surface area contributed by atoms with Gasteiger partial charge in [-0.3, -0.25) is 4.90 Å². The largest absolute Gasteiger partial charge is 0.497 e. The molecule has 3 aliphatic rings. The van der Waals surface area contributed by atoms with Gasteiger partial charge in [0.2, 0.25) is 0 Å². The molecule has 3 atom stereocenters. The maximum absolute atomic E-state index is 5.42. The monoisotopic (exact) mass is 306 g/mol. The Labute approximate surface area is 137 Å². The van der Waals surface area contributed by atoms with Crippen LogP contribution < -0.4 is 10.1 Å². The molecule has 0 spiro atoms. The van der Waals surface area contributed by atoms with E-state index in [0.717, 1.165) is 12.3 Å². The first kappa shape index (κ1) is 13.4. The van der Waals surface area contributed by atoms with Crippen LogP contribution in [-0.2, 0) is 13.0 Å². The summed E-state index contributed by atoms with van der Waals surface area (Å²) in [5.74, 6) is 1.60. The molecular weight excluding hydrogens is 284 g/mol. The third-order valence-corrected chi connectivity index (χ3v) is 5.90. The van der Waals surface area contributed by atoms with Gasteiger partial charge in [-0.15, -0.1) is 0 Å². The van der Waals surface area contributed by atoms with E-state index < -0.39 is 0 Å². The molecule has 0 aliphatic carbocycles. The van der Waals surface area contributed by atoms with E-state index in [1.54, 1.807) is 7.11 Å². The zero-order valence-corrected chi connectivity index (χ0v) is 13.5. The summed E-state index contributed by atoms with van der Waals surface area (Å²) < 4.78 is 5.42. The van der Waals surface area contributed by atoms with E-state index in [1.165, 1.54) is 41.6 Å². The number of fused-ring (bicyclic) bond motifs is 6. The molecule has 0 saturated carbocycles. The lowest BCUT2D eigenvalue weighted by Crippen LogP contribution is -2.53. The van der Waals surface area contributed by atoms with Crippen molar-refractivity contribution in [3.8, 4) is 5.75 Å². The van der Waals surface area contributed by atoms with Gasteiger partial charge in [0.25, 0.3) is 0 Å². The van der Waals surface area contributed by atoms with Crippen molar-refractivity contribution in [2.45, 2.75) is 43.9 Å². The fraction of sp³-hybridized carbons (Fsp3) is 0.400. The third-order valence-electron chi connectivity index (χ3n) is 5.90. The Balaban J connectivity index is 1.49. The number of ether oxygens (including phenoxy) is 1. The van der Waals surface area contributed by atoms with Gasteiger partial charge < -0.3 is 10.1 Å². The SMILES string of the molecule is COc1ccc2c(c1)CN1C(CCC3c4ccccc4NC31)C2. The van der Waals surface area contributed by atoms with Gasteiger partial charge in [-0.25, -0.2) is 0 Å². The Kier molecular flexibility index (Phi) is 2.92. The first-order chi connectivity index (χ1) is 11.3. The van der Waals surface area contributed by atoms with Gasteiger partial charge in [0.05, 0.1) is 13.3 Å². The summed E-state index contributed by atoms with van der Waals surface area (Å²) >= 11 is 0. The van der Waals surface area contributed by atoms with Crippen molar-refractivity contribution in [3.05, 3.63) is 59.2 Å². The minimum Gasteiger partial charge on any atom is -0.497 e. The van der Waals surface area contributed by atoms with Gasteiger partial charge in [0.1, 0.15) is 5.75 Å². The van der Waals surface area contributed by atoms with Gasteiger partial charge in [-0.1, -0.05) is 24.3 Å². The number of hydrogen-bond acceptors (Lipinski definition) is 3. The molecule has 3 heterocycles. The van der Waals surface area contributed by atoms with Crippen LogP contribution in [0.2, 0.25) is 0 Å². The molecule has 1 fully saturated rings. The number of nitrogens with zero attached hydrogens (tertiary/aromatic N) is 1. The maximum atomic E-state index is 5.42. The van der Waals surface area contributed by atoms with Crippen LogP contribution in [0.25, 0.3) is 0 Å². The Morgan fingerprint density at radius 3 is 2.91 bits per heavy atom. The average Bonchev–Trinajstić information content (AvgIpc) is 2.98. The highest BCUT2D eigenvalue weighted by Crippen LogP contribution is 2.46. The number of hydrogen-bond donors (Lipinski definition) is 1. The average molecular weight is 306 g/mol. The van der Waals surface area contributed by atoms with E-state index in [0.29, 0.717) is 18.1 Å². The molecule has 118 valence electrons. The van der Waals surface area contributed by atoms with Crippen LogP contribution in [0.4, 0.5) is 5.69 Å². The highest BCUT2D eigenvalue weighted by molar-refractivity contribution is 5.59. The molecule has 0 amide bonds. The van der Waals surface area contributed by atoms with E-state index in [-0.39, 0.29) is 0 Å². The lowest BCUT2D eigenvalue weighted by molar-refractivity contribution is 0.0687. The molecular formula is C20H22N2O. The second-order valence-electron chi connectivity index (χ2n) is 7.03. The predicted molar refractivity (Wildman–Crippen MR) is 91.9 cm³/mol. The number of methoxy groups -OCH3 is 1. The Morgan fingerprint density at radius 1 is 1.09 bits per heavy atom. The number of benzene rings is 2. The molecule has 1 saturated heterocycles. The van der Waals surface area contributed by atoms with Gasteiger partial charge in [-0.2, -0.15) is 0 Å². The van der Waals surface area contributed by atoms with E-state index in [9.17, 15) is 0 Å². The first-order valence-electron chi connectivity index (χ1n) is 8.60. The lowest BCUT2D eigenvalue weighted by atomic mass is 9.81. The minimum atomic E-state index is 0.450. The molecule has 2 aromatic carbocycles. The Morgan fingerprint density at radius 2 is 2.00 bits per heavy atom. The summed E-state index contributed by atoms with van der Waals surface area (Å²) in [4.78, 5) is 2.69. The van der Waals surface area contributed by atoms with Gasteiger partial charge in [0, 0.05) is 24.2 Å². The molecule has 3 aliphatic heterocycles. The van der Waals surface area contributed by atoms with Gasteiger partial charge in [-0.05, 0) is 54.2 Å². The van der Waals surface area contributed by atoms with Crippen LogP contribution >= 0.6 is 0 Å². The number of anilines is 1. The predicted octanol–water partition coefficient (Wildman–Crippen LogP) is 3.75. The number of para-hydroxylation sites is 1. The quantitative estimate of drug-likeness (QED) is 0.868. The highest BCUT2D eigenvalue weighted by Gasteiger charge is 2.44. The van der Waals surface area contributed by atoms with Crippen LogP contribution in [0, 0.1) is 0 Å². The topological polar surface area (TPSA) is 24.5 Å². The Bertz CT molecular complexity index is 757. The number of piperidine rings is 1. The first-order valence-corrected chi connectivity index (χ1v) is 8.60. The molecule has 0 radical (unpaired) electrons. The fourth-order valence-electron chi connectivity index (χ4n) is 4.75. The van der Waals surface area contributed by atoms with Crippen molar-refractivity contribution >= 4 is 5.69 Å². The van der Waals surface area contributed by atoms with Gasteiger partial charge >= 0.3 is 0 Å². The van der Waals surface area contributed by atoms with Crippen molar-refractivity contribution in [2.75, 3.05) is 12.4 Å². The number of rotatable bonds is 1. The normalized spacial score (nSPS) is 28.1. The molecule has 1 N–H and O–H groups in total. The van der Waals surface area contributed by atoms with Crippen LogP contribution in [0.15, 0.2) is 42.5 Å². The summed E-state index contributed by atoms with van der Waals surface area (Å²) in [7, 11) is 1.75. The molecule has 3 unspecified atom stereocenters. The van der Waals surface area contributed by atoms with E-state index in [2.05, 4.69) is 52.7 Å². The highest BCUT2D eigenvalue weighted by atomic mass is 16.5.